The number of rotatable bonds is 13. The molecule has 1 heterocycles. The number of carboxylic acids is 1. The Labute approximate surface area is 259 Å². The Balaban J connectivity index is 1.38. The molecule has 1 amide bonds. The maximum Gasteiger partial charge on any atom is 0.347 e. The first-order valence-corrected chi connectivity index (χ1v) is 14.7. The number of carbonyl (C=O) groups excluding carboxylic acids is 1. The molecule has 1 N–H and O–H groups in total. The Bertz CT molecular complexity index is 1600. The van der Waals surface area contributed by atoms with Gasteiger partial charge in [0.25, 0.3) is 5.91 Å². The van der Waals surface area contributed by atoms with Gasteiger partial charge < -0.3 is 24.0 Å². The van der Waals surface area contributed by atoms with Gasteiger partial charge in [0.05, 0.1) is 10.0 Å². The summed E-state index contributed by atoms with van der Waals surface area (Å²) in [6, 6.07) is 18.0. The van der Waals surface area contributed by atoms with E-state index in [-0.39, 0.29) is 18.4 Å². The average molecular weight is 625 g/mol. The predicted molar refractivity (Wildman–Crippen MR) is 163 cm³/mol. The molecule has 0 bridgehead atoms. The number of amides is 1. The molecular formula is C32H31Cl2N3O6. The van der Waals surface area contributed by atoms with Gasteiger partial charge in [0.2, 0.25) is 12.2 Å². The van der Waals surface area contributed by atoms with Gasteiger partial charge in [0, 0.05) is 23.9 Å². The second-order valence-electron chi connectivity index (χ2n) is 10.8. The summed E-state index contributed by atoms with van der Waals surface area (Å²) < 4.78 is 16.6. The number of hydrogen-bond acceptors (Lipinski definition) is 7. The normalized spacial score (nSPS) is 13.0. The molecule has 43 heavy (non-hydrogen) atoms. The summed E-state index contributed by atoms with van der Waals surface area (Å²) in [7, 11) is 0. The number of hydrogen-bond donors (Lipinski definition) is 1. The molecule has 0 atom stereocenters. The highest BCUT2D eigenvalue weighted by Crippen LogP contribution is 2.48. The van der Waals surface area contributed by atoms with Crippen LogP contribution in [0.3, 0.4) is 0 Å². The van der Waals surface area contributed by atoms with E-state index in [1.165, 1.54) is 20.2 Å². The van der Waals surface area contributed by atoms with Crippen molar-refractivity contribution in [3.63, 3.8) is 0 Å². The second-order valence-corrected chi connectivity index (χ2v) is 11.7. The van der Waals surface area contributed by atoms with E-state index in [4.69, 9.17) is 37.2 Å². The van der Waals surface area contributed by atoms with E-state index in [1.807, 2.05) is 36.4 Å². The monoisotopic (exact) mass is 623 g/mol. The highest BCUT2D eigenvalue weighted by Gasteiger charge is 2.33. The third-order valence-corrected chi connectivity index (χ3v) is 7.89. The number of carboxylic acid groups (broad SMARTS) is 1. The predicted octanol–water partition coefficient (Wildman–Crippen LogP) is 7.21. The number of aromatic nitrogens is 2. The van der Waals surface area contributed by atoms with Crippen LogP contribution in [0.2, 0.25) is 10.0 Å². The van der Waals surface area contributed by atoms with Crippen LogP contribution in [0.1, 0.15) is 50.2 Å². The first-order valence-electron chi connectivity index (χ1n) is 13.9. The van der Waals surface area contributed by atoms with Crippen molar-refractivity contribution in [3.8, 4) is 22.9 Å². The van der Waals surface area contributed by atoms with E-state index >= 15 is 0 Å². The van der Waals surface area contributed by atoms with Gasteiger partial charge in [-0.2, -0.15) is 4.98 Å². The molecule has 5 rings (SSSR count). The lowest BCUT2D eigenvalue weighted by Crippen LogP contribution is -2.37. The first kappa shape index (κ1) is 30.4. The van der Waals surface area contributed by atoms with E-state index in [2.05, 4.69) is 10.1 Å². The lowest BCUT2D eigenvalue weighted by Gasteiger charge is -2.27. The molecule has 0 aliphatic heterocycles. The Morgan fingerprint density at radius 2 is 1.84 bits per heavy atom. The van der Waals surface area contributed by atoms with Crippen LogP contribution in [-0.4, -0.2) is 45.9 Å². The van der Waals surface area contributed by atoms with Crippen LogP contribution in [0.25, 0.3) is 11.4 Å². The van der Waals surface area contributed by atoms with Crippen LogP contribution in [0, 0.1) is 0 Å². The van der Waals surface area contributed by atoms with E-state index < -0.39 is 11.6 Å². The topological polar surface area (TPSA) is 115 Å². The fourth-order valence-corrected chi connectivity index (χ4v) is 5.07. The third-order valence-electron chi connectivity index (χ3n) is 7.15. The number of halogens is 2. The summed E-state index contributed by atoms with van der Waals surface area (Å²) in [5.41, 5.74) is 2.23. The van der Waals surface area contributed by atoms with Crippen molar-refractivity contribution < 1.29 is 28.7 Å². The van der Waals surface area contributed by atoms with Gasteiger partial charge in [-0.3, -0.25) is 4.79 Å². The number of benzene rings is 3. The molecule has 224 valence electrons. The van der Waals surface area contributed by atoms with Crippen LogP contribution >= 0.6 is 23.2 Å². The molecule has 0 unspecified atom stereocenters. The molecule has 9 nitrogen and oxygen atoms in total. The van der Waals surface area contributed by atoms with Crippen LogP contribution in [-0.2, 0) is 16.0 Å². The smallest absolute Gasteiger partial charge is 0.347 e. The number of anilines is 1. The molecule has 1 fully saturated rings. The largest absolute Gasteiger partial charge is 0.484 e. The van der Waals surface area contributed by atoms with Crippen molar-refractivity contribution in [2.75, 3.05) is 18.1 Å². The van der Waals surface area contributed by atoms with E-state index in [0.717, 1.165) is 35.2 Å². The Hall–Kier alpha value is -4.08. The minimum Gasteiger partial charge on any atom is -0.484 e. The van der Waals surface area contributed by atoms with Gasteiger partial charge in [0.15, 0.2) is 12.2 Å². The summed E-state index contributed by atoms with van der Waals surface area (Å²) >= 11 is 12.2. The Morgan fingerprint density at radius 1 is 1.05 bits per heavy atom. The third kappa shape index (κ3) is 7.47. The molecule has 1 aromatic heterocycles. The molecule has 0 saturated heterocycles. The van der Waals surface area contributed by atoms with E-state index in [9.17, 15) is 14.7 Å². The molecule has 0 radical (unpaired) electrons. The summed E-state index contributed by atoms with van der Waals surface area (Å²) in [6.07, 6.45) is 4.56. The average Bonchev–Trinajstić information content (AvgIpc) is 3.67. The molecule has 0 spiro atoms. The summed E-state index contributed by atoms with van der Waals surface area (Å²) in [5.74, 6) is 0.387. The Morgan fingerprint density at radius 3 is 2.53 bits per heavy atom. The number of nitrogens with zero attached hydrogens (tertiary/aromatic N) is 3. The van der Waals surface area contributed by atoms with Gasteiger partial charge in [-0.25, -0.2) is 4.79 Å². The zero-order valence-electron chi connectivity index (χ0n) is 23.8. The van der Waals surface area contributed by atoms with Gasteiger partial charge >= 0.3 is 5.97 Å². The molecule has 1 aliphatic rings. The maximum atomic E-state index is 13.8. The van der Waals surface area contributed by atoms with E-state index in [1.54, 1.807) is 29.2 Å². The number of aliphatic carboxylic acids is 1. The van der Waals surface area contributed by atoms with Gasteiger partial charge in [0.1, 0.15) is 11.5 Å². The van der Waals surface area contributed by atoms with Crippen molar-refractivity contribution in [1.82, 2.24) is 10.1 Å². The number of carbonyl (C=O) groups is 2. The minimum atomic E-state index is -1.36. The summed E-state index contributed by atoms with van der Waals surface area (Å²) in [4.78, 5) is 31.3. The van der Waals surface area contributed by atoms with Crippen molar-refractivity contribution in [2.45, 2.75) is 51.0 Å². The quantitative estimate of drug-likeness (QED) is 0.166. The summed E-state index contributed by atoms with van der Waals surface area (Å²) in [6.45, 7) is 3.21. The van der Waals surface area contributed by atoms with Crippen molar-refractivity contribution in [1.29, 1.82) is 0 Å². The van der Waals surface area contributed by atoms with E-state index in [0.29, 0.717) is 46.8 Å². The highest BCUT2D eigenvalue weighted by atomic mass is 35.5. The van der Waals surface area contributed by atoms with Crippen molar-refractivity contribution in [3.05, 3.63) is 88.2 Å². The lowest BCUT2D eigenvalue weighted by atomic mass is 9.99. The number of aryl methyl sites for hydroxylation is 1. The Kier molecular flexibility index (Phi) is 9.22. The summed E-state index contributed by atoms with van der Waals surface area (Å²) in [5, 5.41) is 14.2. The standard InChI is InChI=1S/C32H31Cl2N3O6/c1-32(2,31(39)40)43-23-8-3-6-20(16-23)7-5-15-37(28(38)18-41-22-13-14-25(33)26(34)17-22)27-10-4-9-24(29(27)21-11-12-21)30-35-19-42-36-30/h3-4,6,8-10,13-14,16-17,19,21H,5,7,11-12,15,18H2,1-2H3,(H,39,40). The van der Waals surface area contributed by atoms with Crippen LogP contribution in [0.15, 0.2) is 71.6 Å². The zero-order valence-corrected chi connectivity index (χ0v) is 25.3. The van der Waals surface area contributed by atoms with Gasteiger partial charge in [-0.05, 0) is 86.9 Å². The highest BCUT2D eigenvalue weighted by molar-refractivity contribution is 6.42. The van der Waals surface area contributed by atoms with Gasteiger partial charge in [-0.15, -0.1) is 0 Å². The number of ether oxygens (including phenoxy) is 2. The minimum absolute atomic E-state index is 0.206. The molecule has 11 heteroatoms. The first-order chi connectivity index (χ1) is 20.6. The molecular weight excluding hydrogens is 593 g/mol. The van der Waals surface area contributed by atoms with Crippen LogP contribution < -0.4 is 14.4 Å². The lowest BCUT2D eigenvalue weighted by molar-refractivity contribution is -0.152. The SMILES string of the molecule is CC(C)(Oc1cccc(CCCN(C(=O)COc2ccc(Cl)c(Cl)c2)c2cccc(-c3ncon3)c2C2CC2)c1)C(=O)O. The molecule has 3 aromatic carbocycles. The molecule has 1 aliphatic carbocycles. The zero-order chi connectivity index (χ0) is 30.6. The molecule has 1 saturated carbocycles. The fraction of sp³-hybridized carbons (Fsp3) is 0.312. The second kappa shape index (κ2) is 13.1. The molecule has 4 aromatic rings. The van der Waals surface area contributed by atoms with Crippen LogP contribution in [0.4, 0.5) is 5.69 Å². The van der Waals surface area contributed by atoms with Crippen molar-refractivity contribution in [2.24, 2.45) is 0 Å². The van der Waals surface area contributed by atoms with Crippen molar-refractivity contribution >= 4 is 40.8 Å². The maximum absolute atomic E-state index is 13.8. The fourth-order valence-electron chi connectivity index (χ4n) is 4.79. The van der Waals surface area contributed by atoms with Crippen LogP contribution in [0.5, 0.6) is 11.5 Å². The van der Waals surface area contributed by atoms with Gasteiger partial charge in [-0.1, -0.05) is 52.6 Å².